The van der Waals surface area contributed by atoms with Gasteiger partial charge < -0.3 is 15.4 Å². The van der Waals surface area contributed by atoms with Crippen LogP contribution in [0.2, 0.25) is 0 Å². The quantitative estimate of drug-likeness (QED) is 0.814. The predicted octanol–water partition coefficient (Wildman–Crippen LogP) is 0.910. The summed E-state index contributed by atoms with van der Waals surface area (Å²) < 4.78 is 5.47. The van der Waals surface area contributed by atoms with Crippen LogP contribution in [0.3, 0.4) is 0 Å². The topological polar surface area (TPSA) is 41.7 Å². The fourth-order valence-electron chi connectivity index (χ4n) is 3.53. The Hall–Kier alpha value is -0.160. The molecule has 0 amide bonds. The highest BCUT2D eigenvalue weighted by Crippen LogP contribution is 2.31. The maximum atomic E-state index is 6.16. The van der Waals surface area contributed by atoms with E-state index in [1.165, 1.54) is 32.4 Å². The third-order valence-electron chi connectivity index (χ3n) is 4.97. The minimum Gasteiger partial charge on any atom is -0.381 e. The fraction of sp³-hybridized carbons (Fsp3) is 1.00. The molecule has 0 bridgehead atoms. The standard InChI is InChI=1S/C14H29N3O/c1-16-8-3-6-14(12-15,7-11-16)17-9-4-13(18-2)5-10-17/h13H,3-12,15H2,1-2H3. The van der Waals surface area contributed by atoms with E-state index in [0.29, 0.717) is 6.10 Å². The lowest BCUT2D eigenvalue weighted by Crippen LogP contribution is -2.57. The maximum Gasteiger partial charge on any atom is 0.0595 e. The van der Waals surface area contributed by atoms with E-state index in [4.69, 9.17) is 10.5 Å². The van der Waals surface area contributed by atoms with Crippen LogP contribution < -0.4 is 5.73 Å². The van der Waals surface area contributed by atoms with Crippen LogP contribution in [0.4, 0.5) is 0 Å². The third kappa shape index (κ3) is 3.05. The summed E-state index contributed by atoms with van der Waals surface area (Å²) in [5, 5.41) is 0. The zero-order valence-corrected chi connectivity index (χ0v) is 12.0. The van der Waals surface area contributed by atoms with E-state index in [2.05, 4.69) is 16.8 Å². The van der Waals surface area contributed by atoms with Gasteiger partial charge in [-0.05, 0) is 52.2 Å². The number of nitrogens with zero attached hydrogens (tertiary/aromatic N) is 2. The molecule has 4 heteroatoms. The van der Waals surface area contributed by atoms with Gasteiger partial charge in [0, 0.05) is 32.3 Å². The fourth-order valence-corrected chi connectivity index (χ4v) is 3.53. The van der Waals surface area contributed by atoms with Crippen LogP contribution in [0, 0.1) is 0 Å². The second-order valence-electron chi connectivity index (χ2n) is 6.01. The Morgan fingerprint density at radius 3 is 2.50 bits per heavy atom. The molecule has 18 heavy (non-hydrogen) atoms. The van der Waals surface area contributed by atoms with E-state index in [0.717, 1.165) is 32.5 Å². The summed E-state index contributed by atoms with van der Waals surface area (Å²) in [6.45, 7) is 5.51. The molecule has 106 valence electrons. The highest BCUT2D eigenvalue weighted by atomic mass is 16.5. The molecule has 0 saturated carbocycles. The van der Waals surface area contributed by atoms with Crippen molar-refractivity contribution in [2.45, 2.75) is 43.7 Å². The van der Waals surface area contributed by atoms with Crippen molar-refractivity contribution in [3.8, 4) is 0 Å². The largest absolute Gasteiger partial charge is 0.381 e. The Bertz CT molecular complexity index is 253. The molecule has 2 rings (SSSR count). The van der Waals surface area contributed by atoms with Crippen LogP contribution in [0.1, 0.15) is 32.1 Å². The Morgan fingerprint density at radius 1 is 1.17 bits per heavy atom. The lowest BCUT2D eigenvalue weighted by Gasteiger charge is -2.46. The average molecular weight is 255 g/mol. The monoisotopic (exact) mass is 255 g/mol. The van der Waals surface area contributed by atoms with Crippen LogP contribution in [-0.2, 0) is 4.74 Å². The first-order valence-corrected chi connectivity index (χ1v) is 7.37. The number of piperidine rings is 1. The smallest absolute Gasteiger partial charge is 0.0595 e. The summed E-state index contributed by atoms with van der Waals surface area (Å²) in [6.07, 6.45) is 6.54. The summed E-state index contributed by atoms with van der Waals surface area (Å²) in [5.41, 5.74) is 6.41. The Balaban J connectivity index is 1.98. The van der Waals surface area contributed by atoms with Gasteiger partial charge in [-0.25, -0.2) is 0 Å². The van der Waals surface area contributed by atoms with E-state index < -0.39 is 0 Å². The molecule has 2 fully saturated rings. The molecule has 0 spiro atoms. The molecular weight excluding hydrogens is 226 g/mol. The van der Waals surface area contributed by atoms with Crippen molar-refractivity contribution in [3.05, 3.63) is 0 Å². The van der Waals surface area contributed by atoms with Gasteiger partial charge >= 0.3 is 0 Å². The minimum absolute atomic E-state index is 0.253. The van der Waals surface area contributed by atoms with E-state index >= 15 is 0 Å². The molecule has 2 saturated heterocycles. The van der Waals surface area contributed by atoms with Crippen LogP contribution in [0.15, 0.2) is 0 Å². The van der Waals surface area contributed by atoms with Gasteiger partial charge in [-0.1, -0.05) is 0 Å². The molecule has 0 aromatic rings. The second-order valence-corrected chi connectivity index (χ2v) is 6.01. The Morgan fingerprint density at radius 2 is 1.89 bits per heavy atom. The summed E-state index contributed by atoms with van der Waals surface area (Å²) in [6, 6.07) is 0. The Kier molecular flexibility index (Phi) is 5.01. The number of methoxy groups -OCH3 is 1. The van der Waals surface area contributed by atoms with Crippen molar-refractivity contribution in [2.24, 2.45) is 5.73 Å². The SMILES string of the molecule is COC1CCN(C2(CN)CCCN(C)CC2)CC1. The van der Waals surface area contributed by atoms with Gasteiger partial charge in [0.2, 0.25) is 0 Å². The maximum absolute atomic E-state index is 6.16. The van der Waals surface area contributed by atoms with E-state index in [1.807, 2.05) is 7.11 Å². The number of hydrogen-bond donors (Lipinski definition) is 1. The summed E-state index contributed by atoms with van der Waals surface area (Å²) in [7, 11) is 4.06. The number of nitrogens with two attached hydrogens (primary N) is 1. The zero-order valence-electron chi connectivity index (χ0n) is 12.0. The molecule has 0 aromatic heterocycles. The number of rotatable bonds is 3. The third-order valence-corrected chi connectivity index (χ3v) is 4.97. The second kappa shape index (κ2) is 6.33. The van der Waals surface area contributed by atoms with Gasteiger partial charge in [-0.2, -0.15) is 0 Å². The molecule has 1 unspecified atom stereocenters. The number of ether oxygens (including phenoxy) is 1. The highest BCUT2D eigenvalue weighted by molar-refractivity contribution is 4.96. The zero-order chi connectivity index (χ0) is 13.0. The van der Waals surface area contributed by atoms with E-state index in [1.54, 1.807) is 0 Å². The van der Waals surface area contributed by atoms with Gasteiger partial charge in [-0.3, -0.25) is 4.90 Å². The molecule has 0 radical (unpaired) electrons. The van der Waals surface area contributed by atoms with Gasteiger partial charge in [0.15, 0.2) is 0 Å². The molecule has 0 aliphatic carbocycles. The number of hydrogen-bond acceptors (Lipinski definition) is 4. The first-order valence-electron chi connectivity index (χ1n) is 7.37. The van der Waals surface area contributed by atoms with Gasteiger partial charge in [0.05, 0.1) is 6.10 Å². The Labute approximate surface area is 111 Å². The van der Waals surface area contributed by atoms with Crippen molar-refractivity contribution in [1.29, 1.82) is 0 Å². The number of likely N-dealkylation sites (tertiary alicyclic amines) is 2. The van der Waals surface area contributed by atoms with Crippen molar-refractivity contribution in [3.63, 3.8) is 0 Å². The van der Waals surface area contributed by atoms with Crippen LogP contribution in [-0.4, -0.2) is 68.3 Å². The average Bonchev–Trinajstić information content (AvgIpc) is 2.62. The van der Waals surface area contributed by atoms with E-state index in [-0.39, 0.29) is 5.54 Å². The summed E-state index contributed by atoms with van der Waals surface area (Å²) in [4.78, 5) is 5.10. The van der Waals surface area contributed by atoms with Crippen molar-refractivity contribution in [1.82, 2.24) is 9.80 Å². The van der Waals surface area contributed by atoms with Gasteiger partial charge in [-0.15, -0.1) is 0 Å². The van der Waals surface area contributed by atoms with Crippen LogP contribution in [0.25, 0.3) is 0 Å². The lowest BCUT2D eigenvalue weighted by atomic mass is 9.86. The first-order chi connectivity index (χ1) is 8.70. The van der Waals surface area contributed by atoms with Gasteiger partial charge in [0.25, 0.3) is 0 Å². The molecule has 2 aliphatic rings. The highest BCUT2D eigenvalue weighted by Gasteiger charge is 2.38. The molecule has 4 nitrogen and oxygen atoms in total. The predicted molar refractivity (Wildman–Crippen MR) is 74.7 cm³/mol. The minimum atomic E-state index is 0.253. The van der Waals surface area contributed by atoms with Crippen LogP contribution in [0.5, 0.6) is 0 Å². The molecular formula is C14H29N3O. The molecule has 2 aliphatic heterocycles. The van der Waals surface area contributed by atoms with Crippen molar-refractivity contribution in [2.75, 3.05) is 46.9 Å². The van der Waals surface area contributed by atoms with E-state index in [9.17, 15) is 0 Å². The van der Waals surface area contributed by atoms with Crippen molar-refractivity contribution >= 4 is 0 Å². The lowest BCUT2D eigenvalue weighted by molar-refractivity contribution is -0.00732. The molecule has 2 heterocycles. The molecule has 0 aromatic carbocycles. The van der Waals surface area contributed by atoms with Crippen molar-refractivity contribution < 1.29 is 4.74 Å². The first kappa shape index (κ1) is 14.3. The van der Waals surface area contributed by atoms with Crippen LogP contribution >= 0.6 is 0 Å². The summed E-state index contributed by atoms with van der Waals surface area (Å²) >= 11 is 0. The van der Waals surface area contributed by atoms with Gasteiger partial charge in [0.1, 0.15) is 0 Å². The molecule has 1 atom stereocenters. The summed E-state index contributed by atoms with van der Waals surface area (Å²) in [5.74, 6) is 0. The molecule has 2 N–H and O–H groups in total. The normalized spacial score (nSPS) is 33.5.